The number of nitrogens with one attached hydrogen (secondary N) is 1. The van der Waals surface area contributed by atoms with Gasteiger partial charge in [0.25, 0.3) is 0 Å². The van der Waals surface area contributed by atoms with E-state index in [4.69, 9.17) is 14.2 Å². The molecule has 1 rings (SSSR count). The summed E-state index contributed by atoms with van der Waals surface area (Å²) in [7, 11) is 1.67. The largest absolute Gasteiger partial charge is 0.382 e. The molecule has 0 radical (unpaired) electrons. The van der Waals surface area contributed by atoms with E-state index in [1.165, 1.54) is 12.8 Å². The summed E-state index contributed by atoms with van der Waals surface area (Å²) in [5.74, 6) is 0.910. The summed E-state index contributed by atoms with van der Waals surface area (Å²) in [6, 6.07) is 0.733. The number of methoxy groups -OCH3 is 1. The van der Waals surface area contributed by atoms with Crippen LogP contribution in [0.4, 0.5) is 0 Å². The minimum absolute atomic E-state index is 0.651. The Labute approximate surface area is 98.6 Å². The van der Waals surface area contributed by atoms with Crippen molar-refractivity contribution < 1.29 is 14.2 Å². The zero-order valence-corrected chi connectivity index (χ0v) is 10.5. The minimum atomic E-state index is 0.651. The van der Waals surface area contributed by atoms with Crippen molar-refractivity contribution in [1.82, 2.24) is 5.32 Å². The first kappa shape index (κ1) is 13.9. The maximum Gasteiger partial charge on any atom is 0.0701 e. The molecule has 0 bridgehead atoms. The predicted octanol–water partition coefficient (Wildman–Crippen LogP) is 1.05. The molecule has 0 aromatic carbocycles. The molecule has 4 heteroatoms. The van der Waals surface area contributed by atoms with Crippen LogP contribution in [0.5, 0.6) is 0 Å². The van der Waals surface area contributed by atoms with Crippen LogP contribution in [0, 0.1) is 5.92 Å². The summed E-state index contributed by atoms with van der Waals surface area (Å²) >= 11 is 0. The molecule has 0 saturated heterocycles. The van der Waals surface area contributed by atoms with E-state index in [0.717, 1.165) is 25.1 Å². The van der Waals surface area contributed by atoms with Gasteiger partial charge in [-0.3, -0.25) is 0 Å². The molecule has 16 heavy (non-hydrogen) atoms. The Balaban J connectivity index is 1.68. The second kappa shape index (κ2) is 8.93. The molecule has 0 heterocycles. The Morgan fingerprint density at radius 2 is 1.62 bits per heavy atom. The van der Waals surface area contributed by atoms with E-state index < -0.39 is 0 Å². The lowest BCUT2D eigenvalue weighted by Gasteiger charge is -2.33. The lowest BCUT2D eigenvalue weighted by molar-refractivity contribution is 0.0245. The highest BCUT2D eigenvalue weighted by molar-refractivity contribution is 4.81. The monoisotopic (exact) mass is 231 g/mol. The van der Waals surface area contributed by atoms with Crippen LogP contribution < -0.4 is 5.32 Å². The topological polar surface area (TPSA) is 39.7 Å². The molecule has 0 aromatic heterocycles. The molecule has 0 spiro atoms. The number of rotatable bonds is 10. The third kappa shape index (κ3) is 6.43. The molecule has 96 valence electrons. The number of hydrogen-bond donors (Lipinski definition) is 1. The van der Waals surface area contributed by atoms with E-state index in [2.05, 4.69) is 12.2 Å². The third-order valence-corrected chi connectivity index (χ3v) is 2.86. The standard InChI is InChI=1S/C12H25NO3/c1-11-9-12(10-11)13-3-4-15-7-8-16-6-5-14-2/h11-13H,3-10H2,1-2H3. The Bertz CT molecular complexity index is 160. The molecule has 1 fully saturated rings. The van der Waals surface area contributed by atoms with Crippen LogP contribution in [0.15, 0.2) is 0 Å². The fourth-order valence-corrected chi connectivity index (χ4v) is 1.87. The highest BCUT2D eigenvalue weighted by Crippen LogP contribution is 2.25. The van der Waals surface area contributed by atoms with Crippen LogP contribution in [-0.2, 0) is 14.2 Å². The van der Waals surface area contributed by atoms with Crippen molar-refractivity contribution in [2.45, 2.75) is 25.8 Å². The molecule has 1 N–H and O–H groups in total. The van der Waals surface area contributed by atoms with Crippen molar-refractivity contribution in [2.75, 3.05) is 46.7 Å². The normalized spacial score (nSPS) is 24.4. The van der Waals surface area contributed by atoms with Gasteiger partial charge in [-0.2, -0.15) is 0 Å². The molecule has 1 saturated carbocycles. The fourth-order valence-electron chi connectivity index (χ4n) is 1.87. The summed E-state index contributed by atoms with van der Waals surface area (Å²) in [5, 5.41) is 3.47. The van der Waals surface area contributed by atoms with E-state index in [9.17, 15) is 0 Å². The van der Waals surface area contributed by atoms with E-state index in [1.54, 1.807) is 7.11 Å². The van der Waals surface area contributed by atoms with Gasteiger partial charge in [-0.25, -0.2) is 0 Å². The molecule has 4 nitrogen and oxygen atoms in total. The SMILES string of the molecule is COCCOCCOCCNC1CC(C)C1. The van der Waals surface area contributed by atoms with Crippen molar-refractivity contribution in [3.8, 4) is 0 Å². The molecular formula is C12H25NO3. The molecule has 0 amide bonds. The first-order valence-electron chi connectivity index (χ1n) is 6.20. The van der Waals surface area contributed by atoms with Crippen LogP contribution in [0.2, 0.25) is 0 Å². The van der Waals surface area contributed by atoms with Crippen LogP contribution in [0.3, 0.4) is 0 Å². The lowest BCUT2D eigenvalue weighted by Crippen LogP contribution is -2.41. The highest BCUT2D eigenvalue weighted by Gasteiger charge is 2.23. The molecule has 0 aromatic rings. The fraction of sp³-hybridized carbons (Fsp3) is 1.00. The van der Waals surface area contributed by atoms with Crippen molar-refractivity contribution in [3.05, 3.63) is 0 Å². The second-order valence-corrected chi connectivity index (χ2v) is 4.45. The van der Waals surface area contributed by atoms with Crippen LogP contribution in [0.1, 0.15) is 19.8 Å². The van der Waals surface area contributed by atoms with E-state index >= 15 is 0 Å². The smallest absolute Gasteiger partial charge is 0.0701 e. The number of ether oxygens (including phenoxy) is 3. The van der Waals surface area contributed by atoms with Gasteiger partial charge in [0, 0.05) is 19.7 Å². The Hall–Kier alpha value is -0.160. The van der Waals surface area contributed by atoms with Gasteiger partial charge in [-0.05, 0) is 18.8 Å². The summed E-state index contributed by atoms with van der Waals surface area (Å²) in [5.41, 5.74) is 0. The van der Waals surface area contributed by atoms with Gasteiger partial charge in [0.1, 0.15) is 0 Å². The molecule has 0 atom stereocenters. The first-order chi connectivity index (χ1) is 7.83. The third-order valence-electron chi connectivity index (χ3n) is 2.86. The molecule has 0 unspecified atom stereocenters. The first-order valence-corrected chi connectivity index (χ1v) is 6.20. The Morgan fingerprint density at radius 3 is 2.25 bits per heavy atom. The Morgan fingerprint density at radius 1 is 1.00 bits per heavy atom. The van der Waals surface area contributed by atoms with Gasteiger partial charge < -0.3 is 19.5 Å². The summed E-state index contributed by atoms with van der Waals surface area (Å²) in [6.07, 6.45) is 2.64. The quantitative estimate of drug-likeness (QED) is 0.571. The minimum Gasteiger partial charge on any atom is -0.382 e. The van der Waals surface area contributed by atoms with Crippen LogP contribution in [-0.4, -0.2) is 52.7 Å². The van der Waals surface area contributed by atoms with Crippen molar-refractivity contribution in [1.29, 1.82) is 0 Å². The predicted molar refractivity (Wildman–Crippen MR) is 63.7 cm³/mol. The molecule has 0 aliphatic heterocycles. The zero-order valence-electron chi connectivity index (χ0n) is 10.5. The average Bonchev–Trinajstić information content (AvgIpc) is 2.24. The van der Waals surface area contributed by atoms with Gasteiger partial charge in [-0.15, -0.1) is 0 Å². The Kier molecular flexibility index (Phi) is 7.76. The van der Waals surface area contributed by atoms with Crippen molar-refractivity contribution in [3.63, 3.8) is 0 Å². The molecular weight excluding hydrogens is 206 g/mol. The summed E-state index contributed by atoms with van der Waals surface area (Å²) < 4.78 is 15.6. The van der Waals surface area contributed by atoms with Gasteiger partial charge in [0.15, 0.2) is 0 Å². The lowest BCUT2D eigenvalue weighted by atomic mass is 9.82. The average molecular weight is 231 g/mol. The zero-order chi connectivity index (χ0) is 11.6. The van der Waals surface area contributed by atoms with Gasteiger partial charge in [-0.1, -0.05) is 6.92 Å². The van der Waals surface area contributed by atoms with Crippen molar-refractivity contribution in [2.24, 2.45) is 5.92 Å². The number of hydrogen-bond acceptors (Lipinski definition) is 4. The van der Waals surface area contributed by atoms with Gasteiger partial charge >= 0.3 is 0 Å². The van der Waals surface area contributed by atoms with E-state index in [1.807, 2.05) is 0 Å². The van der Waals surface area contributed by atoms with Crippen LogP contribution >= 0.6 is 0 Å². The van der Waals surface area contributed by atoms with Gasteiger partial charge in [0.05, 0.1) is 33.0 Å². The van der Waals surface area contributed by atoms with Crippen LogP contribution in [0.25, 0.3) is 0 Å². The molecule has 1 aliphatic rings. The molecule has 1 aliphatic carbocycles. The van der Waals surface area contributed by atoms with Gasteiger partial charge in [0.2, 0.25) is 0 Å². The van der Waals surface area contributed by atoms with E-state index in [-0.39, 0.29) is 0 Å². The van der Waals surface area contributed by atoms with E-state index in [0.29, 0.717) is 26.4 Å². The second-order valence-electron chi connectivity index (χ2n) is 4.45. The van der Waals surface area contributed by atoms with Crippen molar-refractivity contribution >= 4 is 0 Å². The highest BCUT2D eigenvalue weighted by atomic mass is 16.5. The maximum atomic E-state index is 5.43. The summed E-state index contributed by atoms with van der Waals surface area (Å²) in [4.78, 5) is 0. The maximum absolute atomic E-state index is 5.43. The summed E-state index contributed by atoms with van der Waals surface area (Å²) in [6.45, 7) is 6.66.